The third-order valence-corrected chi connectivity index (χ3v) is 3.02. The number of halogens is 6. The molecular weight excluding hydrogens is 373 g/mol. The molecule has 0 saturated heterocycles. The highest BCUT2D eigenvalue weighted by molar-refractivity contribution is 6.30. The van der Waals surface area contributed by atoms with Gasteiger partial charge in [0.2, 0.25) is 0 Å². The predicted molar refractivity (Wildman–Crippen MR) is 85.3 cm³/mol. The van der Waals surface area contributed by atoms with Crippen LogP contribution in [0.4, 0.5) is 17.6 Å². The van der Waals surface area contributed by atoms with Gasteiger partial charge in [-0.25, -0.2) is 4.39 Å². The number of hydrogen-bond donors (Lipinski definition) is 1. The zero-order valence-electron chi connectivity index (χ0n) is 12.1. The quantitative estimate of drug-likeness (QED) is 0.751. The van der Waals surface area contributed by atoms with Gasteiger partial charge in [-0.2, -0.15) is 0 Å². The van der Waals surface area contributed by atoms with E-state index >= 15 is 0 Å². The molecule has 0 amide bonds. The molecule has 0 heterocycles. The van der Waals surface area contributed by atoms with Crippen LogP contribution in [0.15, 0.2) is 36.4 Å². The van der Waals surface area contributed by atoms with Crippen molar-refractivity contribution in [2.24, 2.45) is 5.73 Å². The highest BCUT2D eigenvalue weighted by Gasteiger charge is 2.32. The Bertz CT molecular complexity index is 696. The molecule has 0 spiro atoms. The minimum absolute atomic E-state index is 0. The summed E-state index contributed by atoms with van der Waals surface area (Å²) in [7, 11) is 0. The molecule has 0 unspecified atom stereocenters. The maximum atomic E-state index is 13.9. The van der Waals surface area contributed by atoms with Gasteiger partial charge in [-0.05, 0) is 35.9 Å². The number of alkyl halides is 3. The van der Waals surface area contributed by atoms with Crippen molar-refractivity contribution in [3.63, 3.8) is 0 Å². The van der Waals surface area contributed by atoms with Gasteiger partial charge in [0.05, 0.1) is 0 Å². The van der Waals surface area contributed by atoms with Crippen LogP contribution >= 0.6 is 24.0 Å². The zero-order valence-corrected chi connectivity index (χ0v) is 13.6. The summed E-state index contributed by atoms with van der Waals surface area (Å²) in [5.74, 6) is -1.34. The molecule has 0 saturated carbocycles. The second-order valence-electron chi connectivity index (χ2n) is 4.47. The fourth-order valence-corrected chi connectivity index (χ4v) is 2.06. The Labute approximate surface area is 146 Å². The lowest BCUT2D eigenvalue weighted by atomic mass is 10.0. The van der Waals surface area contributed by atoms with Crippen LogP contribution in [0.25, 0.3) is 11.1 Å². The van der Waals surface area contributed by atoms with E-state index in [-0.39, 0.29) is 47.5 Å². The van der Waals surface area contributed by atoms with Crippen LogP contribution in [0, 0.1) is 5.82 Å². The van der Waals surface area contributed by atoms with Crippen molar-refractivity contribution in [1.29, 1.82) is 0 Å². The first kappa shape index (κ1) is 20.3. The van der Waals surface area contributed by atoms with Gasteiger partial charge < -0.3 is 15.2 Å². The highest BCUT2D eigenvalue weighted by Crippen LogP contribution is 2.37. The van der Waals surface area contributed by atoms with Crippen LogP contribution in [0.1, 0.15) is 0 Å². The first-order valence-corrected chi connectivity index (χ1v) is 6.86. The predicted octanol–water partition coefficient (Wildman–Crippen LogP) is 4.80. The minimum Gasteiger partial charge on any atom is -0.488 e. The molecule has 2 aromatic carbocycles. The highest BCUT2D eigenvalue weighted by atomic mass is 35.5. The second-order valence-corrected chi connectivity index (χ2v) is 4.91. The van der Waals surface area contributed by atoms with E-state index in [1.54, 1.807) is 0 Å². The lowest BCUT2D eigenvalue weighted by Gasteiger charge is -2.15. The van der Waals surface area contributed by atoms with E-state index in [1.807, 2.05) is 0 Å². The largest absolute Gasteiger partial charge is 0.573 e. The molecule has 9 heteroatoms. The van der Waals surface area contributed by atoms with Crippen molar-refractivity contribution in [2.75, 3.05) is 13.2 Å². The second kappa shape index (κ2) is 8.41. The van der Waals surface area contributed by atoms with Gasteiger partial charge in [0.1, 0.15) is 12.4 Å². The number of ether oxygens (including phenoxy) is 2. The smallest absolute Gasteiger partial charge is 0.488 e. The van der Waals surface area contributed by atoms with E-state index in [9.17, 15) is 17.6 Å². The molecule has 0 aliphatic heterocycles. The van der Waals surface area contributed by atoms with Crippen LogP contribution in [0.3, 0.4) is 0 Å². The van der Waals surface area contributed by atoms with E-state index in [2.05, 4.69) is 4.74 Å². The maximum Gasteiger partial charge on any atom is 0.573 e. The van der Waals surface area contributed by atoms with E-state index in [0.29, 0.717) is 0 Å². The van der Waals surface area contributed by atoms with Crippen LogP contribution in [0.2, 0.25) is 5.02 Å². The summed E-state index contributed by atoms with van der Waals surface area (Å²) < 4.78 is 60.5. The topological polar surface area (TPSA) is 44.5 Å². The Morgan fingerprint density at radius 2 is 1.75 bits per heavy atom. The van der Waals surface area contributed by atoms with Gasteiger partial charge in [0.15, 0.2) is 11.5 Å². The molecule has 3 nitrogen and oxygen atoms in total. The van der Waals surface area contributed by atoms with Crippen molar-refractivity contribution < 1.29 is 27.0 Å². The van der Waals surface area contributed by atoms with E-state index in [1.165, 1.54) is 24.3 Å². The summed E-state index contributed by atoms with van der Waals surface area (Å²) in [5, 5.41) is 0.253. The van der Waals surface area contributed by atoms with Crippen LogP contribution < -0.4 is 15.2 Å². The summed E-state index contributed by atoms with van der Waals surface area (Å²) in [6.07, 6.45) is -4.91. The molecule has 0 aliphatic carbocycles. The Balaban J connectivity index is 0.00000288. The molecule has 0 aliphatic rings. The lowest BCUT2D eigenvalue weighted by molar-refractivity contribution is -0.275. The third-order valence-electron chi connectivity index (χ3n) is 2.78. The molecule has 2 rings (SSSR count). The standard InChI is InChI=1S/C15H12ClF4NO2.ClH/c16-10-2-3-12(17)11(8-10)9-1-4-13(22-6-5-21)14(7-9)23-15(18,19)20;/h1-4,7-8H,5-6,21H2;1H. The average molecular weight is 386 g/mol. The fraction of sp³-hybridized carbons (Fsp3) is 0.200. The molecule has 2 aromatic rings. The molecule has 0 fully saturated rings. The first-order valence-electron chi connectivity index (χ1n) is 6.48. The Kier molecular flexibility index (Phi) is 7.13. The summed E-state index contributed by atoms with van der Waals surface area (Å²) in [5.41, 5.74) is 5.48. The van der Waals surface area contributed by atoms with Gasteiger partial charge in [-0.15, -0.1) is 25.6 Å². The number of nitrogens with two attached hydrogens (primary N) is 1. The van der Waals surface area contributed by atoms with Crippen molar-refractivity contribution >= 4 is 24.0 Å². The Morgan fingerprint density at radius 1 is 1.04 bits per heavy atom. The third kappa shape index (κ3) is 5.43. The van der Waals surface area contributed by atoms with E-state index in [0.717, 1.165) is 12.1 Å². The van der Waals surface area contributed by atoms with Crippen LogP contribution in [-0.4, -0.2) is 19.5 Å². The fourth-order valence-electron chi connectivity index (χ4n) is 1.89. The number of hydrogen-bond acceptors (Lipinski definition) is 3. The van der Waals surface area contributed by atoms with Crippen molar-refractivity contribution in [3.05, 3.63) is 47.2 Å². The SMILES string of the molecule is Cl.NCCOc1ccc(-c2cc(Cl)ccc2F)cc1OC(F)(F)F. The Hall–Kier alpha value is -1.70. The number of benzene rings is 2. The zero-order chi connectivity index (χ0) is 17.0. The average Bonchev–Trinajstić information content (AvgIpc) is 2.47. The summed E-state index contributed by atoms with van der Waals surface area (Å²) in [6.45, 7) is 0.134. The molecule has 24 heavy (non-hydrogen) atoms. The normalized spacial score (nSPS) is 10.9. The maximum absolute atomic E-state index is 13.9. The minimum atomic E-state index is -4.91. The van der Waals surface area contributed by atoms with Crippen LogP contribution in [0.5, 0.6) is 11.5 Å². The molecule has 132 valence electrons. The van der Waals surface area contributed by atoms with E-state index in [4.69, 9.17) is 22.1 Å². The molecular formula is C15H13Cl2F4NO2. The molecule has 2 N–H and O–H groups in total. The summed E-state index contributed by atoms with van der Waals surface area (Å²) >= 11 is 5.80. The van der Waals surface area contributed by atoms with Gasteiger partial charge >= 0.3 is 6.36 Å². The molecule has 0 radical (unpaired) electrons. The van der Waals surface area contributed by atoms with Gasteiger partial charge in [0.25, 0.3) is 0 Å². The Morgan fingerprint density at radius 3 is 2.38 bits per heavy atom. The summed E-state index contributed by atoms with van der Waals surface area (Å²) in [6, 6.07) is 7.47. The first-order chi connectivity index (χ1) is 10.8. The molecule has 0 bridgehead atoms. The van der Waals surface area contributed by atoms with Gasteiger partial charge in [-0.1, -0.05) is 17.7 Å². The number of rotatable bonds is 5. The van der Waals surface area contributed by atoms with E-state index < -0.39 is 17.9 Å². The molecule has 0 aromatic heterocycles. The van der Waals surface area contributed by atoms with Crippen molar-refractivity contribution in [2.45, 2.75) is 6.36 Å². The van der Waals surface area contributed by atoms with Crippen molar-refractivity contribution in [1.82, 2.24) is 0 Å². The summed E-state index contributed by atoms with van der Waals surface area (Å²) in [4.78, 5) is 0. The van der Waals surface area contributed by atoms with Gasteiger partial charge in [-0.3, -0.25) is 0 Å². The monoisotopic (exact) mass is 385 g/mol. The van der Waals surface area contributed by atoms with Crippen molar-refractivity contribution in [3.8, 4) is 22.6 Å². The molecule has 0 atom stereocenters. The van der Waals surface area contributed by atoms with Crippen LogP contribution in [-0.2, 0) is 0 Å². The lowest BCUT2D eigenvalue weighted by Crippen LogP contribution is -2.18. The van der Waals surface area contributed by atoms with Gasteiger partial charge in [0, 0.05) is 17.1 Å².